The van der Waals surface area contributed by atoms with Gasteiger partial charge in [0.05, 0.1) is 0 Å². The first-order valence-corrected chi connectivity index (χ1v) is 7.16. The Morgan fingerprint density at radius 1 is 1.20 bits per heavy atom. The smallest absolute Gasteiger partial charge is 0.329 e. The molecule has 0 aliphatic heterocycles. The maximum absolute atomic E-state index is 11.8. The molecular formula is C13H12N4O2S. The molecule has 3 rings (SSSR count). The van der Waals surface area contributed by atoms with Gasteiger partial charge in [0.25, 0.3) is 5.56 Å². The van der Waals surface area contributed by atoms with Gasteiger partial charge in [-0.05, 0) is 12.3 Å². The predicted octanol–water partition coefficient (Wildman–Crippen LogP) is 1.34. The molecule has 0 atom stereocenters. The summed E-state index contributed by atoms with van der Waals surface area (Å²) < 4.78 is 1.32. The number of thioether (sulfide) groups is 1. The lowest BCUT2D eigenvalue weighted by molar-refractivity contribution is 0.832. The molecule has 2 N–H and O–H groups in total. The van der Waals surface area contributed by atoms with Crippen molar-refractivity contribution in [2.45, 2.75) is 4.90 Å². The van der Waals surface area contributed by atoms with Crippen molar-refractivity contribution in [2.24, 2.45) is 7.05 Å². The lowest BCUT2D eigenvalue weighted by Crippen LogP contribution is -2.28. The van der Waals surface area contributed by atoms with Crippen LogP contribution in [0.1, 0.15) is 0 Å². The molecule has 0 amide bonds. The SMILES string of the molecule is CSc1ccccc1-c1nc2c([nH]1)c(=O)[nH]c(=O)n2C. The minimum absolute atomic E-state index is 0.304. The van der Waals surface area contributed by atoms with E-state index >= 15 is 0 Å². The van der Waals surface area contributed by atoms with Crippen molar-refractivity contribution in [3.8, 4) is 11.4 Å². The topological polar surface area (TPSA) is 83.5 Å². The molecule has 7 heteroatoms. The van der Waals surface area contributed by atoms with Gasteiger partial charge >= 0.3 is 5.69 Å². The first-order chi connectivity index (χ1) is 9.61. The largest absolute Gasteiger partial charge is 0.332 e. The van der Waals surface area contributed by atoms with E-state index in [4.69, 9.17) is 0 Å². The number of nitrogens with one attached hydrogen (secondary N) is 2. The molecular weight excluding hydrogens is 276 g/mol. The van der Waals surface area contributed by atoms with Crippen molar-refractivity contribution in [1.82, 2.24) is 19.5 Å². The van der Waals surface area contributed by atoms with Crippen LogP contribution in [0.4, 0.5) is 0 Å². The Kier molecular flexibility index (Phi) is 2.98. The van der Waals surface area contributed by atoms with Gasteiger partial charge in [-0.25, -0.2) is 9.78 Å². The van der Waals surface area contributed by atoms with Gasteiger partial charge in [0.2, 0.25) is 0 Å². The summed E-state index contributed by atoms with van der Waals surface area (Å²) in [6.07, 6.45) is 1.98. The normalized spacial score (nSPS) is 11.1. The molecule has 0 radical (unpaired) electrons. The number of rotatable bonds is 2. The predicted molar refractivity (Wildman–Crippen MR) is 79.2 cm³/mol. The van der Waals surface area contributed by atoms with Crippen LogP contribution in [0, 0.1) is 0 Å². The highest BCUT2D eigenvalue weighted by atomic mass is 32.2. The third-order valence-electron chi connectivity index (χ3n) is 3.12. The third kappa shape index (κ3) is 1.87. The number of benzene rings is 1. The van der Waals surface area contributed by atoms with Crippen LogP contribution in [-0.4, -0.2) is 25.8 Å². The number of hydrogen-bond acceptors (Lipinski definition) is 4. The molecule has 0 bridgehead atoms. The Labute approximate surface area is 117 Å². The minimum atomic E-state index is -0.473. The number of H-pyrrole nitrogens is 2. The van der Waals surface area contributed by atoms with Gasteiger partial charge in [0, 0.05) is 17.5 Å². The summed E-state index contributed by atoms with van der Waals surface area (Å²) >= 11 is 1.60. The van der Waals surface area contributed by atoms with E-state index in [1.54, 1.807) is 18.8 Å². The van der Waals surface area contributed by atoms with Crippen molar-refractivity contribution >= 4 is 22.9 Å². The molecule has 102 valence electrons. The molecule has 6 nitrogen and oxygen atoms in total. The minimum Gasteiger partial charge on any atom is -0.332 e. The zero-order valence-electron chi connectivity index (χ0n) is 10.9. The van der Waals surface area contributed by atoms with Crippen molar-refractivity contribution in [3.05, 3.63) is 45.1 Å². The molecule has 0 saturated carbocycles. The molecule has 20 heavy (non-hydrogen) atoms. The second-order valence-electron chi connectivity index (χ2n) is 4.30. The van der Waals surface area contributed by atoms with Crippen LogP contribution >= 0.6 is 11.8 Å². The van der Waals surface area contributed by atoms with Gasteiger partial charge in [-0.15, -0.1) is 11.8 Å². The molecule has 0 spiro atoms. The fourth-order valence-electron chi connectivity index (χ4n) is 2.07. The van der Waals surface area contributed by atoms with Crippen LogP contribution in [0.5, 0.6) is 0 Å². The van der Waals surface area contributed by atoms with Gasteiger partial charge in [0.1, 0.15) is 11.3 Å². The Hall–Kier alpha value is -2.28. The van der Waals surface area contributed by atoms with Crippen LogP contribution in [0.25, 0.3) is 22.6 Å². The number of nitrogens with zero attached hydrogens (tertiary/aromatic N) is 2. The van der Waals surface area contributed by atoms with E-state index < -0.39 is 11.2 Å². The van der Waals surface area contributed by atoms with Crippen molar-refractivity contribution in [1.29, 1.82) is 0 Å². The first-order valence-electron chi connectivity index (χ1n) is 5.94. The number of fused-ring (bicyclic) bond motifs is 1. The Balaban J connectivity index is 2.34. The molecule has 0 saturated heterocycles. The van der Waals surface area contributed by atoms with E-state index in [1.165, 1.54) is 4.57 Å². The second kappa shape index (κ2) is 4.68. The molecule has 0 fully saturated rings. The van der Waals surface area contributed by atoms with Gasteiger partial charge in [-0.1, -0.05) is 18.2 Å². The van der Waals surface area contributed by atoms with E-state index in [0.717, 1.165) is 10.5 Å². The molecule has 3 aromatic rings. The Morgan fingerprint density at radius 3 is 2.70 bits per heavy atom. The second-order valence-corrected chi connectivity index (χ2v) is 5.15. The van der Waals surface area contributed by atoms with Crippen molar-refractivity contribution in [2.75, 3.05) is 6.26 Å². The van der Waals surface area contributed by atoms with Crippen LogP contribution in [0.2, 0.25) is 0 Å². The number of imidazole rings is 1. The standard InChI is InChI=1S/C13H12N4O2S/c1-17-11-9(12(18)16-13(17)19)14-10(15-11)7-5-3-4-6-8(7)20-2/h3-6H,1-2H3,(H,14,15)(H,16,18,19). The summed E-state index contributed by atoms with van der Waals surface area (Å²) in [6.45, 7) is 0. The van der Waals surface area contributed by atoms with Crippen LogP contribution in [0.15, 0.2) is 38.8 Å². The van der Waals surface area contributed by atoms with E-state index in [1.807, 2.05) is 30.5 Å². The number of hydrogen-bond donors (Lipinski definition) is 2. The summed E-state index contributed by atoms with van der Waals surface area (Å²) in [5, 5.41) is 0. The van der Waals surface area contributed by atoms with E-state index in [-0.39, 0.29) is 0 Å². The fourth-order valence-corrected chi connectivity index (χ4v) is 2.67. The summed E-state index contributed by atoms with van der Waals surface area (Å²) in [5.41, 5.74) is 0.632. The summed E-state index contributed by atoms with van der Waals surface area (Å²) in [7, 11) is 1.58. The van der Waals surface area contributed by atoms with Crippen molar-refractivity contribution in [3.63, 3.8) is 0 Å². The maximum atomic E-state index is 11.8. The summed E-state index contributed by atoms with van der Waals surface area (Å²) in [4.78, 5) is 34.1. The third-order valence-corrected chi connectivity index (χ3v) is 3.91. The van der Waals surface area contributed by atoms with Gasteiger partial charge in [0.15, 0.2) is 5.65 Å². The highest BCUT2D eigenvalue weighted by molar-refractivity contribution is 7.98. The average molecular weight is 288 g/mol. The lowest BCUT2D eigenvalue weighted by atomic mass is 10.2. The van der Waals surface area contributed by atoms with Gasteiger partial charge in [-0.3, -0.25) is 14.3 Å². The number of aromatic amines is 2. The van der Waals surface area contributed by atoms with Crippen LogP contribution < -0.4 is 11.2 Å². The van der Waals surface area contributed by atoms with Crippen molar-refractivity contribution < 1.29 is 0 Å². The Morgan fingerprint density at radius 2 is 1.95 bits per heavy atom. The number of aryl methyl sites for hydroxylation is 1. The highest BCUT2D eigenvalue weighted by Gasteiger charge is 2.13. The summed E-state index contributed by atoms with van der Waals surface area (Å²) in [5.74, 6) is 0.580. The molecule has 2 heterocycles. The van der Waals surface area contributed by atoms with Gasteiger partial charge in [-0.2, -0.15) is 0 Å². The zero-order valence-corrected chi connectivity index (χ0v) is 11.7. The quantitative estimate of drug-likeness (QED) is 0.697. The molecule has 0 aliphatic carbocycles. The fraction of sp³-hybridized carbons (Fsp3) is 0.154. The van der Waals surface area contributed by atoms with Crippen LogP contribution in [-0.2, 0) is 7.05 Å². The maximum Gasteiger partial charge on any atom is 0.329 e. The average Bonchev–Trinajstić information content (AvgIpc) is 2.90. The molecule has 1 aromatic carbocycles. The lowest BCUT2D eigenvalue weighted by Gasteiger charge is -2.02. The van der Waals surface area contributed by atoms with Gasteiger partial charge < -0.3 is 4.98 Å². The summed E-state index contributed by atoms with van der Waals surface area (Å²) in [6, 6.07) is 7.76. The molecule has 2 aromatic heterocycles. The number of aromatic nitrogens is 4. The highest BCUT2D eigenvalue weighted by Crippen LogP contribution is 2.28. The molecule has 0 unspecified atom stereocenters. The zero-order chi connectivity index (χ0) is 14.3. The van der Waals surface area contributed by atoms with E-state index in [2.05, 4.69) is 15.0 Å². The van der Waals surface area contributed by atoms with E-state index in [9.17, 15) is 9.59 Å². The Bertz CT molecular complexity index is 907. The molecule has 0 aliphatic rings. The van der Waals surface area contributed by atoms with Crippen LogP contribution in [0.3, 0.4) is 0 Å². The first kappa shape index (κ1) is 12.7. The van der Waals surface area contributed by atoms with E-state index in [0.29, 0.717) is 17.0 Å². The monoisotopic (exact) mass is 288 g/mol.